The molecule has 0 radical (unpaired) electrons. The van der Waals surface area contributed by atoms with Crippen molar-refractivity contribution >= 4 is 5.91 Å². The van der Waals surface area contributed by atoms with Gasteiger partial charge in [-0.1, -0.05) is 18.2 Å². The standard InChI is InChI=1S/C21H27FN4O/c1-17(21(27)24(2)15-18-6-5-7-19(22)14-18)26-12-10-25(11-13-26)16-20-8-3-4-9-23-20/h3-9,14,17H,10-13,15-16H2,1-2H3. The molecule has 1 fully saturated rings. The molecule has 27 heavy (non-hydrogen) atoms. The Morgan fingerprint density at radius 3 is 2.63 bits per heavy atom. The van der Waals surface area contributed by atoms with Crippen molar-refractivity contribution in [1.29, 1.82) is 0 Å². The van der Waals surface area contributed by atoms with Crippen LogP contribution in [-0.2, 0) is 17.9 Å². The molecule has 5 nitrogen and oxygen atoms in total. The Morgan fingerprint density at radius 2 is 1.96 bits per heavy atom. The van der Waals surface area contributed by atoms with Crippen molar-refractivity contribution in [3.63, 3.8) is 0 Å². The Balaban J connectivity index is 1.49. The van der Waals surface area contributed by atoms with Gasteiger partial charge in [0.15, 0.2) is 0 Å². The van der Waals surface area contributed by atoms with Gasteiger partial charge >= 0.3 is 0 Å². The molecule has 1 atom stereocenters. The highest BCUT2D eigenvalue weighted by atomic mass is 19.1. The summed E-state index contributed by atoms with van der Waals surface area (Å²) in [7, 11) is 1.78. The summed E-state index contributed by atoms with van der Waals surface area (Å²) in [5.74, 6) is -0.206. The number of aromatic nitrogens is 1. The lowest BCUT2D eigenvalue weighted by Gasteiger charge is -2.38. The summed E-state index contributed by atoms with van der Waals surface area (Å²) in [6.45, 7) is 6.76. The average Bonchev–Trinajstić information content (AvgIpc) is 2.68. The zero-order valence-electron chi connectivity index (χ0n) is 16.0. The van der Waals surface area contributed by atoms with Gasteiger partial charge in [0.05, 0.1) is 11.7 Å². The molecule has 1 aromatic carbocycles. The van der Waals surface area contributed by atoms with Crippen molar-refractivity contribution in [2.45, 2.75) is 26.1 Å². The van der Waals surface area contributed by atoms with Crippen LogP contribution in [0.15, 0.2) is 48.7 Å². The second-order valence-corrected chi connectivity index (χ2v) is 7.13. The first-order valence-corrected chi connectivity index (χ1v) is 9.38. The summed E-state index contributed by atoms with van der Waals surface area (Å²) in [5, 5.41) is 0. The largest absolute Gasteiger partial charge is 0.340 e. The van der Waals surface area contributed by atoms with Crippen LogP contribution in [0.4, 0.5) is 4.39 Å². The van der Waals surface area contributed by atoms with E-state index < -0.39 is 0 Å². The van der Waals surface area contributed by atoms with Crippen LogP contribution in [0.5, 0.6) is 0 Å². The highest BCUT2D eigenvalue weighted by Gasteiger charge is 2.27. The van der Waals surface area contributed by atoms with Crippen LogP contribution < -0.4 is 0 Å². The molecule has 2 heterocycles. The van der Waals surface area contributed by atoms with Gasteiger partial charge in [-0.25, -0.2) is 4.39 Å². The SMILES string of the molecule is CC(C(=O)N(C)Cc1cccc(F)c1)N1CCN(Cc2ccccn2)CC1. The van der Waals surface area contributed by atoms with Crippen molar-refractivity contribution in [3.05, 3.63) is 65.7 Å². The van der Waals surface area contributed by atoms with E-state index >= 15 is 0 Å². The number of hydrogen-bond acceptors (Lipinski definition) is 4. The minimum absolute atomic E-state index is 0.0671. The lowest BCUT2D eigenvalue weighted by molar-refractivity contribution is -0.136. The summed E-state index contributed by atoms with van der Waals surface area (Å²) < 4.78 is 13.3. The van der Waals surface area contributed by atoms with Gasteiger partial charge in [0.1, 0.15) is 5.82 Å². The first-order chi connectivity index (χ1) is 13.0. The molecule has 144 valence electrons. The highest BCUT2D eigenvalue weighted by molar-refractivity contribution is 5.81. The maximum absolute atomic E-state index is 13.3. The van der Waals surface area contributed by atoms with E-state index in [0.717, 1.165) is 44.0 Å². The van der Waals surface area contributed by atoms with Crippen LogP contribution in [0.1, 0.15) is 18.2 Å². The Hall–Kier alpha value is -2.31. The molecule has 0 spiro atoms. The van der Waals surface area contributed by atoms with Gasteiger partial charge in [-0.3, -0.25) is 19.6 Å². The third-order valence-electron chi connectivity index (χ3n) is 5.11. The van der Waals surface area contributed by atoms with Crippen molar-refractivity contribution in [3.8, 4) is 0 Å². The topological polar surface area (TPSA) is 39.7 Å². The van der Waals surface area contributed by atoms with Crippen LogP contribution in [0.2, 0.25) is 0 Å². The number of carbonyl (C=O) groups is 1. The van der Waals surface area contributed by atoms with Crippen LogP contribution >= 0.6 is 0 Å². The second-order valence-electron chi connectivity index (χ2n) is 7.13. The third-order valence-corrected chi connectivity index (χ3v) is 5.11. The summed E-state index contributed by atoms with van der Waals surface area (Å²) in [6.07, 6.45) is 1.82. The first-order valence-electron chi connectivity index (χ1n) is 9.38. The van der Waals surface area contributed by atoms with E-state index in [1.807, 2.05) is 37.4 Å². The van der Waals surface area contributed by atoms with E-state index in [2.05, 4.69) is 14.8 Å². The summed E-state index contributed by atoms with van der Waals surface area (Å²) in [5.41, 5.74) is 1.88. The minimum atomic E-state index is -0.273. The molecular weight excluding hydrogens is 343 g/mol. The van der Waals surface area contributed by atoms with Gasteiger partial charge in [-0.05, 0) is 36.8 Å². The maximum Gasteiger partial charge on any atom is 0.239 e. The Labute approximate surface area is 160 Å². The normalized spacial score (nSPS) is 16.9. The molecule has 3 rings (SSSR count). The molecule has 1 amide bonds. The number of likely N-dealkylation sites (N-methyl/N-ethyl adjacent to an activating group) is 1. The minimum Gasteiger partial charge on any atom is -0.340 e. The third kappa shape index (κ3) is 5.34. The summed E-state index contributed by atoms with van der Waals surface area (Å²) in [4.78, 5) is 23.4. The fourth-order valence-electron chi connectivity index (χ4n) is 3.49. The van der Waals surface area contributed by atoms with Gasteiger partial charge in [-0.2, -0.15) is 0 Å². The molecule has 2 aromatic rings. The molecular formula is C21H27FN4O. The van der Waals surface area contributed by atoms with E-state index in [1.54, 1.807) is 18.0 Å². The fourth-order valence-corrected chi connectivity index (χ4v) is 3.49. The Kier molecular flexibility index (Phi) is 6.53. The Bertz CT molecular complexity index is 747. The quantitative estimate of drug-likeness (QED) is 0.783. The predicted octanol–water partition coefficient (Wildman–Crippen LogP) is 2.39. The zero-order valence-corrected chi connectivity index (χ0v) is 16.0. The maximum atomic E-state index is 13.3. The highest BCUT2D eigenvalue weighted by Crippen LogP contribution is 2.13. The number of nitrogens with zero attached hydrogens (tertiary/aromatic N) is 4. The van der Waals surface area contributed by atoms with Gasteiger partial charge < -0.3 is 4.90 Å². The number of pyridine rings is 1. The number of rotatable bonds is 6. The van der Waals surface area contributed by atoms with Crippen molar-refractivity contribution in [1.82, 2.24) is 19.7 Å². The molecule has 0 N–H and O–H groups in total. The van der Waals surface area contributed by atoms with Gasteiger partial charge in [0.25, 0.3) is 0 Å². The molecule has 1 aliphatic heterocycles. The lowest BCUT2D eigenvalue weighted by atomic mass is 10.1. The molecule has 1 unspecified atom stereocenters. The molecule has 1 aliphatic rings. The second kappa shape index (κ2) is 9.06. The average molecular weight is 370 g/mol. The molecule has 0 aliphatic carbocycles. The number of amides is 1. The smallest absolute Gasteiger partial charge is 0.239 e. The number of halogens is 1. The van der Waals surface area contributed by atoms with E-state index in [1.165, 1.54) is 12.1 Å². The molecule has 1 saturated heterocycles. The van der Waals surface area contributed by atoms with E-state index in [9.17, 15) is 9.18 Å². The first kappa shape index (κ1) is 19.5. The zero-order chi connectivity index (χ0) is 19.2. The summed E-state index contributed by atoms with van der Waals surface area (Å²) in [6, 6.07) is 12.2. The van der Waals surface area contributed by atoms with Crippen LogP contribution in [0.3, 0.4) is 0 Å². The number of hydrogen-bond donors (Lipinski definition) is 0. The van der Waals surface area contributed by atoms with Crippen molar-refractivity contribution in [2.24, 2.45) is 0 Å². The number of carbonyl (C=O) groups excluding carboxylic acids is 1. The molecule has 0 saturated carbocycles. The van der Waals surface area contributed by atoms with Crippen LogP contribution in [-0.4, -0.2) is 64.9 Å². The van der Waals surface area contributed by atoms with Crippen molar-refractivity contribution in [2.75, 3.05) is 33.2 Å². The fraction of sp³-hybridized carbons (Fsp3) is 0.429. The van der Waals surface area contributed by atoms with E-state index in [-0.39, 0.29) is 17.8 Å². The van der Waals surface area contributed by atoms with Gasteiger partial charge in [0.2, 0.25) is 5.91 Å². The van der Waals surface area contributed by atoms with E-state index in [0.29, 0.717) is 6.54 Å². The number of piperazine rings is 1. The van der Waals surface area contributed by atoms with Crippen LogP contribution in [0.25, 0.3) is 0 Å². The van der Waals surface area contributed by atoms with Crippen LogP contribution in [0, 0.1) is 5.82 Å². The Morgan fingerprint density at radius 1 is 1.19 bits per heavy atom. The lowest BCUT2D eigenvalue weighted by Crippen LogP contribution is -2.53. The summed E-state index contributed by atoms with van der Waals surface area (Å²) >= 11 is 0. The number of benzene rings is 1. The van der Waals surface area contributed by atoms with Gasteiger partial charge in [0, 0.05) is 52.5 Å². The molecule has 6 heteroatoms. The van der Waals surface area contributed by atoms with Gasteiger partial charge in [-0.15, -0.1) is 0 Å². The monoisotopic (exact) mass is 370 g/mol. The molecule has 1 aromatic heterocycles. The molecule has 0 bridgehead atoms. The van der Waals surface area contributed by atoms with Crippen molar-refractivity contribution < 1.29 is 9.18 Å². The van der Waals surface area contributed by atoms with E-state index in [4.69, 9.17) is 0 Å². The predicted molar refractivity (Wildman–Crippen MR) is 103 cm³/mol.